The van der Waals surface area contributed by atoms with Gasteiger partial charge in [-0.1, -0.05) is 12.2 Å². The highest BCUT2D eigenvalue weighted by atomic mass is 16.3. The lowest BCUT2D eigenvalue weighted by Gasteiger charge is -2.21. The molecule has 0 saturated carbocycles. The highest BCUT2D eigenvalue weighted by molar-refractivity contribution is 6.49. The Kier molecular flexibility index (Phi) is 1.86. The van der Waals surface area contributed by atoms with Gasteiger partial charge in [0.25, 0.3) is 0 Å². The maximum absolute atomic E-state index is 11.3. The second kappa shape index (κ2) is 2.92. The Balaban J connectivity index is 2.59. The summed E-state index contributed by atoms with van der Waals surface area (Å²) >= 11 is 0. The van der Waals surface area contributed by atoms with Crippen LogP contribution < -0.4 is 0 Å². The summed E-state index contributed by atoms with van der Waals surface area (Å²) in [5.41, 5.74) is 0.269. The summed E-state index contributed by atoms with van der Waals surface area (Å²) in [5.74, 6) is -1.73. The van der Waals surface area contributed by atoms with Gasteiger partial charge in [-0.15, -0.1) is 0 Å². The molecule has 14 heavy (non-hydrogen) atoms. The monoisotopic (exact) mass is 192 g/mol. The van der Waals surface area contributed by atoms with Crippen molar-refractivity contribution in [1.29, 1.82) is 0 Å². The van der Waals surface area contributed by atoms with Crippen LogP contribution in [0.25, 0.3) is 0 Å². The van der Waals surface area contributed by atoms with Gasteiger partial charge in [0.1, 0.15) is 5.76 Å². The number of aliphatic hydroxyl groups excluding tert-OH is 2. The van der Waals surface area contributed by atoms with Crippen molar-refractivity contribution < 1.29 is 19.8 Å². The maximum atomic E-state index is 11.3. The van der Waals surface area contributed by atoms with E-state index >= 15 is 0 Å². The Bertz CT molecular complexity index is 412. The molecule has 2 N–H and O–H groups in total. The van der Waals surface area contributed by atoms with E-state index < -0.39 is 17.7 Å². The Morgan fingerprint density at radius 3 is 2.79 bits per heavy atom. The highest BCUT2D eigenvalue weighted by Crippen LogP contribution is 2.28. The molecular weight excluding hydrogens is 184 g/mol. The van der Waals surface area contributed by atoms with Crippen LogP contribution in [0.2, 0.25) is 0 Å². The van der Waals surface area contributed by atoms with E-state index in [-0.39, 0.29) is 16.9 Å². The average Bonchev–Trinajstić information content (AvgIpc) is 2.14. The third-order valence-electron chi connectivity index (χ3n) is 2.28. The standard InChI is InChI=1S/C10H8O4/c11-6-3-1-2-5-9(6)7(12)4-8(13)10(5)14/h1-2,4,6,11-12H,3H2. The lowest BCUT2D eigenvalue weighted by molar-refractivity contribution is -0.131. The summed E-state index contributed by atoms with van der Waals surface area (Å²) in [6.45, 7) is 0. The van der Waals surface area contributed by atoms with Crippen molar-refractivity contribution in [3.63, 3.8) is 0 Å². The van der Waals surface area contributed by atoms with E-state index in [4.69, 9.17) is 0 Å². The van der Waals surface area contributed by atoms with Crippen LogP contribution in [0.4, 0.5) is 0 Å². The molecule has 2 rings (SSSR count). The van der Waals surface area contributed by atoms with E-state index in [0.29, 0.717) is 6.42 Å². The van der Waals surface area contributed by atoms with Gasteiger partial charge < -0.3 is 10.2 Å². The number of allylic oxidation sites excluding steroid dienone is 3. The highest BCUT2D eigenvalue weighted by Gasteiger charge is 2.31. The minimum Gasteiger partial charge on any atom is -0.507 e. The van der Waals surface area contributed by atoms with Gasteiger partial charge in [-0.2, -0.15) is 0 Å². The predicted octanol–water partition coefficient (Wildman–Crippen LogP) is 0.197. The van der Waals surface area contributed by atoms with Crippen LogP contribution >= 0.6 is 0 Å². The number of carbonyl (C=O) groups is 2. The van der Waals surface area contributed by atoms with E-state index in [9.17, 15) is 19.8 Å². The largest absolute Gasteiger partial charge is 0.507 e. The number of hydrogen-bond acceptors (Lipinski definition) is 4. The van der Waals surface area contributed by atoms with Gasteiger partial charge in [0.2, 0.25) is 11.6 Å². The normalized spacial score (nSPS) is 26.4. The quantitative estimate of drug-likeness (QED) is 0.424. The molecule has 72 valence electrons. The van der Waals surface area contributed by atoms with Gasteiger partial charge in [0.15, 0.2) is 0 Å². The smallest absolute Gasteiger partial charge is 0.233 e. The number of carbonyl (C=O) groups excluding carboxylic acids is 2. The maximum Gasteiger partial charge on any atom is 0.233 e. The van der Waals surface area contributed by atoms with Crippen molar-refractivity contribution in [2.24, 2.45) is 0 Å². The molecule has 4 nitrogen and oxygen atoms in total. The molecule has 0 aromatic carbocycles. The Hall–Kier alpha value is -1.68. The summed E-state index contributed by atoms with van der Waals surface area (Å²) in [4.78, 5) is 22.4. The fourth-order valence-corrected chi connectivity index (χ4v) is 1.61. The van der Waals surface area contributed by atoms with Gasteiger partial charge >= 0.3 is 0 Å². The topological polar surface area (TPSA) is 74.6 Å². The second-order valence-corrected chi connectivity index (χ2v) is 3.20. The van der Waals surface area contributed by atoms with Crippen LogP contribution in [0, 0.1) is 0 Å². The zero-order chi connectivity index (χ0) is 10.3. The van der Waals surface area contributed by atoms with Gasteiger partial charge in [0, 0.05) is 17.2 Å². The first-order valence-corrected chi connectivity index (χ1v) is 4.19. The Morgan fingerprint density at radius 2 is 2.07 bits per heavy atom. The van der Waals surface area contributed by atoms with Gasteiger partial charge in [-0.3, -0.25) is 9.59 Å². The minimum atomic E-state index is -0.900. The van der Waals surface area contributed by atoms with Gasteiger partial charge in [0.05, 0.1) is 6.10 Å². The number of Topliss-reactive ketones (excluding diaryl/α,β-unsaturated/α-hetero) is 1. The van der Waals surface area contributed by atoms with Crippen LogP contribution in [0.3, 0.4) is 0 Å². The summed E-state index contributed by atoms with van der Waals surface area (Å²) in [7, 11) is 0. The summed E-state index contributed by atoms with van der Waals surface area (Å²) < 4.78 is 0. The van der Waals surface area contributed by atoms with Crippen LogP contribution in [0.15, 0.2) is 35.1 Å². The Morgan fingerprint density at radius 1 is 1.36 bits per heavy atom. The van der Waals surface area contributed by atoms with Crippen molar-refractivity contribution in [1.82, 2.24) is 0 Å². The van der Waals surface area contributed by atoms with Crippen molar-refractivity contribution in [3.8, 4) is 0 Å². The molecule has 0 spiro atoms. The molecule has 0 fully saturated rings. The molecule has 1 unspecified atom stereocenters. The fraction of sp³-hybridized carbons (Fsp3) is 0.200. The molecular formula is C10H8O4. The number of aliphatic hydroxyl groups is 2. The van der Waals surface area contributed by atoms with E-state index in [1.54, 1.807) is 6.08 Å². The first kappa shape index (κ1) is 8.90. The molecule has 0 bridgehead atoms. The van der Waals surface area contributed by atoms with Crippen molar-refractivity contribution in [3.05, 3.63) is 35.1 Å². The Labute approximate surface area is 79.9 Å². The van der Waals surface area contributed by atoms with Crippen LogP contribution in [-0.4, -0.2) is 27.9 Å². The average molecular weight is 192 g/mol. The predicted molar refractivity (Wildman–Crippen MR) is 47.5 cm³/mol. The first-order chi connectivity index (χ1) is 6.61. The molecule has 0 saturated heterocycles. The molecule has 0 aromatic rings. The van der Waals surface area contributed by atoms with E-state index in [1.165, 1.54) is 6.08 Å². The lowest BCUT2D eigenvalue weighted by Crippen LogP contribution is -2.27. The zero-order valence-corrected chi connectivity index (χ0v) is 7.23. The van der Waals surface area contributed by atoms with Gasteiger partial charge in [-0.05, 0) is 6.42 Å². The third-order valence-corrected chi connectivity index (χ3v) is 2.28. The molecule has 2 aliphatic carbocycles. The summed E-state index contributed by atoms with van der Waals surface area (Å²) in [5, 5.41) is 18.9. The molecule has 0 heterocycles. The molecule has 0 aliphatic heterocycles. The SMILES string of the molecule is O=C1C=C(O)C2=C(C=CCC2O)C1=O. The zero-order valence-electron chi connectivity index (χ0n) is 7.23. The first-order valence-electron chi connectivity index (χ1n) is 4.19. The molecule has 0 radical (unpaired) electrons. The summed E-state index contributed by atoms with van der Waals surface area (Å²) in [6.07, 6.45) is 3.36. The molecule has 4 heteroatoms. The van der Waals surface area contributed by atoms with E-state index in [1.807, 2.05) is 0 Å². The minimum absolute atomic E-state index is 0.105. The number of hydrogen-bond donors (Lipinski definition) is 2. The van der Waals surface area contributed by atoms with Crippen molar-refractivity contribution >= 4 is 11.6 Å². The third kappa shape index (κ3) is 1.12. The fourth-order valence-electron chi connectivity index (χ4n) is 1.61. The second-order valence-electron chi connectivity index (χ2n) is 3.20. The lowest BCUT2D eigenvalue weighted by atomic mass is 9.86. The van der Waals surface area contributed by atoms with Gasteiger partial charge in [-0.25, -0.2) is 0 Å². The molecule has 2 aliphatic rings. The number of rotatable bonds is 0. The van der Waals surface area contributed by atoms with Crippen LogP contribution in [0.1, 0.15) is 6.42 Å². The van der Waals surface area contributed by atoms with E-state index in [2.05, 4.69) is 0 Å². The summed E-state index contributed by atoms with van der Waals surface area (Å²) in [6, 6.07) is 0. The molecule has 0 aromatic heterocycles. The molecule has 0 amide bonds. The van der Waals surface area contributed by atoms with Crippen LogP contribution in [0.5, 0.6) is 0 Å². The number of ketones is 2. The molecule has 1 atom stereocenters. The van der Waals surface area contributed by atoms with Crippen molar-refractivity contribution in [2.75, 3.05) is 0 Å². The van der Waals surface area contributed by atoms with E-state index in [0.717, 1.165) is 6.08 Å². The van der Waals surface area contributed by atoms with Crippen molar-refractivity contribution in [2.45, 2.75) is 12.5 Å². The van der Waals surface area contributed by atoms with Crippen LogP contribution in [-0.2, 0) is 9.59 Å².